The third-order valence-corrected chi connectivity index (χ3v) is 7.24. The first-order chi connectivity index (χ1) is 17.8. The molecule has 1 atom stereocenters. The molecule has 3 aromatic carbocycles. The second-order valence-corrected chi connectivity index (χ2v) is 10.6. The monoisotopic (exact) mass is 653 g/mol. The van der Waals surface area contributed by atoms with Crippen molar-refractivity contribution >= 4 is 69.0 Å². The van der Waals surface area contributed by atoms with Crippen LogP contribution in [0.15, 0.2) is 60.7 Å². The standard InChI is InChI=1S/C27H26Cl2IN3O4/c1-36-12-13-37-11-10-32-24-9-8-21(30)15-22(24)26(34)33(16-18-4-7-20(29)14-23(18)31)25(27(32)35)17-2-5-19(28)6-3-17/h2-9,14-15,25H,10-13,16,31H2,1H3/t25-/m1/s1. The maximum absolute atomic E-state index is 14.2. The number of anilines is 2. The average molecular weight is 654 g/mol. The highest BCUT2D eigenvalue weighted by atomic mass is 127. The molecule has 0 radical (unpaired) electrons. The van der Waals surface area contributed by atoms with Gasteiger partial charge >= 0.3 is 0 Å². The second kappa shape index (κ2) is 12.4. The molecule has 0 unspecified atom stereocenters. The van der Waals surface area contributed by atoms with Crippen LogP contribution in [0, 0.1) is 3.57 Å². The summed E-state index contributed by atoms with van der Waals surface area (Å²) in [6, 6.07) is 16.7. The number of fused-ring (bicyclic) bond motifs is 1. The third kappa shape index (κ3) is 6.38. The summed E-state index contributed by atoms with van der Waals surface area (Å²) < 4.78 is 11.6. The predicted octanol–water partition coefficient (Wildman–Crippen LogP) is 5.57. The van der Waals surface area contributed by atoms with Crippen LogP contribution in [0.4, 0.5) is 11.4 Å². The zero-order valence-corrected chi connectivity index (χ0v) is 23.8. The maximum atomic E-state index is 14.2. The number of carbonyl (C=O) groups is 2. The van der Waals surface area contributed by atoms with Crippen LogP contribution in [0.25, 0.3) is 0 Å². The highest BCUT2D eigenvalue weighted by Crippen LogP contribution is 2.37. The number of hydrogen-bond donors (Lipinski definition) is 1. The summed E-state index contributed by atoms with van der Waals surface area (Å²) in [6.07, 6.45) is 0. The zero-order valence-electron chi connectivity index (χ0n) is 20.1. The number of carbonyl (C=O) groups excluding carboxylic acids is 2. The van der Waals surface area contributed by atoms with E-state index in [1.807, 2.05) is 6.07 Å². The van der Waals surface area contributed by atoms with Crippen LogP contribution in [0.3, 0.4) is 0 Å². The molecular formula is C27H26Cl2IN3O4. The number of hydrogen-bond acceptors (Lipinski definition) is 5. The first-order valence-electron chi connectivity index (χ1n) is 11.6. The van der Waals surface area contributed by atoms with Gasteiger partial charge in [-0.1, -0.05) is 41.4 Å². The number of ether oxygens (including phenoxy) is 2. The lowest BCUT2D eigenvalue weighted by Gasteiger charge is -2.32. The number of amides is 2. The second-order valence-electron chi connectivity index (χ2n) is 8.49. The van der Waals surface area contributed by atoms with Gasteiger partial charge in [-0.15, -0.1) is 0 Å². The third-order valence-electron chi connectivity index (χ3n) is 6.08. The van der Waals surface area contributed by atoms with Crippen molar-refractivity contribution in [3.8, 4) is 0 Å². The number of nitrogen functional groups attached to an aromatic ring is 1. The molecule has 0 aliphatic carbocycles. The summed E-state index contributed by atoms with van der Waals surface area (Å²) in [5.41, 5.74) is 8.99. The molecule has 1 aliphatic rings. The van der Waals surface area contributed by atoms with Gasteiger partial charge in [0, 0.05) is 39.5 Å². The van der Waals surface area contributed by atoms with Gasteiger partial charge in [0.05, 0.1) is 31.1 Å². The van der Waals surface area contributed by atoms with E-state index in [1.54, 1.807) is 71.5 Å². The van der Waals surface area contributed by atoms with Gasteiger partial charge in [0.2, 0.25) is 0 Å². The molecule has 10 heteroatoms. The van der Waals surface area contributed by atoms with Crippen LogP contribution in [-0.4, -0.2) is 50.2 Å². The highest BCUT2D eigenvalue weighted by molar-refractivity contribution is 14.1. The fourth-order valence-corrected chi connectivity index (χ4v) is 5.04. The van der Waals surface area contributed by atoms with Gasteiger partial charge in [-0.2, -0.15) is 0 Å². The number of halogens is 3. The maximum Gasteiger partial charge on any atom is 0.257 e. The molecule has 3 aromatic rings. The Labute approximate surface area is 239 Å². The summed E-state index contributed by atoms with van der Waals surface area (Å²) in [6.45, 7) is 1.52. The van der Waals surface area contributed by atoms with Gasteiger partial charge < -0.3 is 25.0 Å². The van der Waals surface area contributed by atoms with E-state index in [9.17, 15) is 9.59 Å². The molecule has 0 bridgehead atoms. The quantitative estimate of drug-likeness (QED) is 0.185. The Morgan fingerprint density at radius 2 is 1.68 bits per heavy atom. The molecule has 7 nitrogen and oxygen atoms in total. The van der Waals surface area contributed by atoms with Crippen LogP contribution >= 0.6 is 45.8 Å². The fraction of sp³-hybridized carbons (Fsp3) is 0.259. The summed E-state index contributed by atoms with van der Waals surface area (Å²) in [5.74, 6) is -0.530. The van der Waals surface area contributed by atoms with Crippen molar-refractivity contribution in [2.45, 2.75) is 12.6 Å². The Bertz CT molecular complexity index is 1290. The van der Waals surface area contributed by atoms with Gasteiger partial charge in [0.15, 0.2) is 0 Å². The van der Waals surface area contributed by atoms with E-state index in [0.717, 1.165) is 3.57 Å². The molecule has 194 valence electrons. The minimum atomic E-state index is -0.913. The van der Waals surface area contributed by atoms with Crippen LogP contribution < -0.4 is 10.6 Å². The largest absolute Gasteiger partial charge is 0.398 e. The number of benzene rings is 3. The number of methoxy groups -OCH3 is 1. The van der Waals surface area contributed by atoms with Crippen LogP contribution in [0.1, 0.15) is 27.5 Å². The molecule has 0 aromatic heterocycles. The Morgan fingerprint density at radius 1 is 0.946 bits per heavy atom. The van der Waals surface area contributed by atoms with Crippen molar-refractivity contribution in [1.29, 1.82) is 0 Å². The Hall–Kier alpha value is -2.37. The van der Waals surface area contributed by atoms with Crippen LogP contribution in [-0.2, 0) is 20.8 Å². The van der Waals surface area contributed by atoms with E-state index in [2.05, 4.69) is 22.6 Å². The number of nitrogens with zero attached hydrogens (tertiary/aromatic N) is 2. The summed E-state index contributed by atoms with van der Waals surface area (Å²) in [5, 5.41) is 1.03. The number of nitrogens with two attached hydrogens (primary N) is 1. The van der Waals surface area contributed by atoms with Gasteiger partial charge in [-0.25, -0.2) is 0 Å². The Balaban J connectivity index is 1.81. The molecule has 1 aliphatic heterocycles. The lowest BCUT2D eigenvalue weighted by atomic mass is 10.0. The lowest BCUT2D eigenvalue weighted by Crippen LogP contribution is -2.43. The number of rotatable bonds is 9. The smallest absolute Gasteiger partial charge is 0.257 e. The molecule has 1 heterocycles. The molecule has 2 N–H and O–H groups in total. The van der Waals surface area contributed by atoms with Gasteiger partial charge in [0.1, 0.15) is 6.04 Å². The molecule has 0 saturated carbocycles. The van der Waals surface area contributed by atoms with Crippen molar-refractivity contribution in [3.63, 3.8) is 0 Å². The predicted molar refractivity (Wildman–Crippen MR) is 154 cm³/mol. The molecule has 37 heavy (non-hydrogen) atoms. The van der Waals surface area contributed by atoms with E-state index in [4.69, 9.17) is 38.4 Å². The van der Waals surface area contributed by atoms with Gasteiger partial charge in [-0.05, 0) is 76.2 Å². The zero-order chi connectivity index (χ0) is 26.5. The van der Waals surface area contributed by atoms with Crippen LogP contribution in [0.5, 0.6) is 0 Å². The van der Waals surface area contributed by atoms with Crippen LogP contribution in [0.2, 0.25) is 10.0 Å². The Morgan fingerprint density at radius 3 is 2.38 bits per heavy atom. The summed E-state index contributed by atoms with van der Waals surface area (Å²) in [7, 11) is 1.60. The minimum Gasteiger partial charge on any atom is -0.398 e. The van der Waals surface area contributed by atoms with Crippen molar-refractivity contribution < 1.29 is 19.1 Å². The molecular weight excluding hydrogens is 628 g/mol. The molecule has 0 spiro atoms. The first kappa shape index (κ1) is 27.7. The summed E-state index contributed by atoms with van der Waals surface area (Å²) >= 11 is 14.4. The molecule has 0 saturated heterocycles. The van der Waals surface area contributed by atoms with Crippen molar-refractivity contribution in [3.05, 3.63) is 91.0 Å². The average Bonchev–Trinajstić information content (AvgIpc) is 2.95. The summed E-state index contributed by atoms with van der Waals surface area (Å²) in [4.78, 5) is 31.6. The highest BCUT2D eigenvalue weighted by Gasteiger charge is 2.40. The van der Waals surface area contributed by atoms with E-state index < -0.39 is 6.04 Å². The van der Waals surface area contributed by atoms with Crippen molar-refractivity contribution in [1.82, 2.24) is 4.90 Å². The minimum absolute atomic E-state index is 0.115. The van der Waals surface area contributed by atoms with E-state index >= 15 is 0 Å². The van der Waals surface area contributed by atoms with E-state index in [0.29, 0.717) is 51.3 Å². The van der Waals surface area contributed by atoms with E-state index in [1.165, 1.54) is 0 Å². The normalized spacial score (nSPS) is 15.6. The van der Waals surface area contributed by atoms with Gasteiger partial charge in [0.25, 0.3) is 11.8 Å². The molecule has 4 rings (SSSR count). The molecule has 2 amide bonds. The van der Waals surface area contributed by atoms with Crippen molar-refractivity contribution in [2.24, 2.45) is 0 Å². The fourth-order valence-electron chi connectivity index (χ4n) is 4.24. The van der Waals surface area contributed by atoms with Crippen molar-refractivity contribution in [2.75, 3.05) is 44.1 Å². The topological polar surface area (TPSA) is 85.1 Å². The SMILES string of the molecule is COCCOCCN1C(=O)[C@@H](c2ccc(Cl)cc2)N(Cc2ccc(Cl)cc2N)C(=O)c2cc(I)ccc21. The molecule has 0 fully saturated rings. The van der Waals surface area contributed by atoms with Gasteiger partial charge in [-0.3, -0.25) is 9.59 Å². The first-order valence-corrected chi connectivity index (χ1v) is 13.4. The Kier molecular flexibility index (Phi) is 9.31. The lowest BCUT2D eigenvalue weighted by molar-refractivity contribution is -0.123. The van der Waals surface area contributed by atoms with E-state index in [-0.39, 0.29) is 31.5 Å².